The van der Waals surface area contributed by atoms with Gasteiger partial charge in [-0.1, -0.05) is 6.92 Å². The Hall–Kier alpha value is -1.88. The molecule has 0 unspecified atom stereocenters. The molecular formula is C13H16N2O3. The molecule has 0 aromatic heterocycles. The molecule has 5 nitrogen and oxygen atoms in total. The Balaban J connectivity index is 2.35. The van der Waals surface area contributed by atoms with Crippen LogP contribution in [0.5, 0.6) is 5.75 Å². The molecule has 0 aliphatic carbocycles. The van der Waals surface area contributed by atoms with Gasteiger partial charge in [-0.25, -0.2) is 0 Å². The van der Waals surface area contributed by atoms with Crippen LogP contribution in [0.25, 0.3) is 0 Å². The van der Waals surface area contributed by atoms with E-state index in [1.807, 2.05) is 6.92 Å². The third-order valence-corrected chi connectivity index (χ3v) is 2.99. The van der Waals surface area contributed by atoms with Gasteiger partial charge in [0.1, 0.15) is 5.75 Å². The van der Waals surface area contributed by atoms with E-state index in [-0.39, 0.29) is 24.0 Å². The molecule has 0 saturated heterocycles. The van der Waals surface area contributed by atoms with Crippen molar-refractivity contribution in [3.05, 3.63) is 23.3 Å². The van der Waals surface area contributed by atoms with Gasteiger partial charge in [0.05, 0.1) is 12.2 Å². The quantitative estimate of drug-likeness (QED) is 0.550. The van der Waals surface area contributed by atoms with Gasteiger partial charge >= 0.3 is 0 Å². The molecule has 2 rings (SSSR count). The molecule has 18 heavy (non-hydrogen) atoms. The zero-order chi connectivity index (χ0) is 13.1. The molecule has 1 aromatic carbocycles. The summed E-state index contributed by atoms with van der Waals surface area (Å²) >= 11 is 0. The maximum Gasteiger partial charge on any atom is 0.224 e. The number of aromatic hydroxyl groups is 1. The fraction of sp³-hybridized carbons (Fsp3) is 0.385. The monoisotopic (exact) mass is 248 g/mol. The van der Waals surface area contributed by atoms with E-state index in [1.54, 1.807) is 6.07 Å². The Kier molecular flexibility index (Phi) is 3.62. The largest absolute Gasteiger partial charge is 0.506 e. The Morgan fingerprint density at radius 2 is 2.22 bits per heavy atom. The summed E-state index contributed by atoms with van der Waals surface area (Å²) < 4.78 is 0. The van der Waals surface area contributed by atoms with Crippen LogP contribution in [0.3, 0.4) is 0 Å². The molecular weight excluding hydrogens is 232 g/mol. The Bertz CT molecular complexity index is 497. The lowest BCUT2D eigenvalue weighted by atomic mass is 9.94. The molecule has 1 aliphatic rings. The topological polar surface area (TPSA) is 78.4 Å². The maximum absolute atomic E-state index is 12.0. The summed E-state index contributed by atoms with van der Waals surface area (Å²) in [5, 5.41) is 15.3. The Morgan fingerprint density at radius 1 is 1.44 bits per heavy atom. The first-order chi connectivity index (χ1) is 8.63. The highest BCUT2D eigenvalue weighted by atomic mass is 16.3. The number of nitrogens with one attached hydrogen (secondary N) is 2. The number of carbonyl (C=O) groups excluding carboxylic acids is 2. The number of ketones is 1. The molecule has 0 bridgehead atoms. The third kappa shape index (κ3) is 2.36. The second-order valence-corrected chi connectivity index (χ2v) is 4.24. The minimum Gasteiger partial charge on any atom is -0.506 e. The average Bonchev–Trinajstić information content (AvgIpc) is 2.37. The lowest BCUT2D eigenvalue weighted by molar-refractivity contribution is -0.116. The van der Waals surface area contributed by atoms with E-state index in [4.69, 9.17) is 0 Å². The molecule has 0 saturated carbocycles. The first-order valence-electron chi connectivity index (χ1n) is 6.02. The molecule has 0 atom stereocenters. The van der Waals surface area contributed by atoms with Crippen LogP contribution in [0, 0.1) is 0 Å². The minimum absolute atomic E-state index is 0.0121. The normalized spacial score (nSPS) is 13.9. The zero-order valence-electron chi connectivity index (χ0n) is 10.2. The van der Waals surface area contributed by atoms with Crippen LogP contribution in [0.15, 0.2) is 12.1 Å². The van der Waals surface area contributed by atoms with Crippen molar-refractivity contribution in [2.24, 2.45) is 0 Å². The number of Topliss-reactive ketones (excluding diaryl/α,β-unsaturated/α-hetero) is 1. The molecule has 1 amide bonds. The predicted octanol–water partition coefficient (Wildman–Crippen LogP) is 1.07. The van der Waals surface area contributed by atoms with Gasteiger partial charge < -0.3 is 15.7 Å². The average molecular weight is 248 g/mol. The number of benzene rings is 1. The smallest absolute Gasteiger partial charge is 0.224 e. The Morgan fingerprint density at radius 3 is 2.94 bits per heavy atom. The van der Waals surface area contributed by atoms with Crippen LogP contribution in [0.4, 0.5) is 5.69 Å². The van der Waals surface area contributed by atoms with Gasteiger partial charge in [0, 0.05) is 12.0 Å². The zero-order valence-corrected chi connectivity index (χ0v) is 10.2. The van der Waals surface area contributed by atoms with Gasteiger partial charge in [0.2, 0.25) is 5.91 Å². The maximum atomic E-state index is 12.0. The highest BCUT2D eigenvalue weighted by molar-refractivity contribution is 6.04. The molecule has 3 N–H and O–H groups in total. The number of phenols is 1. The number of phenolic OH excluding ortho intramolecular Hbond substituents is 1. The van der Waals surface area contributed by atoms with Gasteiger partial charge in [-0.05, 0) is 30.7 Å². The number of likely N-dealkylation sites (N-methyl/N-ethyl adjacent to an activating group) is 1. The van der Waals surface area contributed by atoms with E-state index in [0.717, 1.165) is 12.1 Å². The van der Waals surface area contributed by atoms with Gasteiger partial charge in [-0.2, -0.15) is 0 Å². The molecule has 1 aromatic rings. The SMILES string of the molecule is CCNCC(=O)c1ccc(O)c2c1CCC(=O)N2. The number of carbonyl (C=O) groups is 2. The van der Waals surface area contributed by atoms with Crippen molar-refractivity contribution in [2.75, 3.05) is 18.4 Å². The lowest BCUT2D eigenvalue weighted by Gasteiger charge is -2.20. The number of amides is 1. The summed E-state index contributed by atoms with van der Waals surface area (Å²) in [7, 11) is 0. The second kappa shape index (κ2) is 5.18. The van der Waals surface area contributed by atoms with Crippen LogP contribution < -0.4 is 10.6 Å². The van der Waals surface area contributed by atoms with E-state index in [0.29, 0.717) is 24.1 Å². The number of rotatable bonds is 4. The number of hydrogen-bond acceptors (Lipinski definition) is 4. The molecule has 1 aliphatic heterocycles. The Labute approximate surface area is 105 Å². The first kappa shape index (κ1) is 12.6. The lowest BCUT2D eigenvalue weighted by Crippen LogP contribution is -2.26. The third-order valence-electron chi connectivity index (χ3n) is 2.99. The van der Waals surface area contributed by atoms with Crippen LogP contribution in [-0.2, 0) is 11.2 Å². The summed E-state index contributed by atoms with van der Waals surface area (Å²) in [6.45, 7) is 2.92. The number of hydrogen-bond donors (Lipinski definition) is 3. The van der Waals surface area contributed by atoms with E-state index in [1.165, 1.54) is 6.07 Å². The van der Waals surface area contributed by atoms with Crippen molar-refractivity contribution in [1.29, 1.82) is 0 Å². The van der Waals surface area contributed by atoms with Crippen molar-refractivity contribution in [2.45, 2.75) is 19.8 Å². The summed E-state index contributed by atoms with van der Waals surface area (Å²) in [6, 6.07) is 3.06. The van der Waals surface area contributed by atoms with Crippen LogP contribution >= 0.6 is 0 Å². The predicted molar refractivity (Wildman–Crippen MR) is 67.9 cm³/mol. The van der Waals surface area contributed by atoms with E-state index < -0.39 is 0 Å². The van der Waals surface area contributed by atoms with Gasteiger partial charge in [0.15, 0.2) is 5.78 Å². The van der Waals surface area contributed by atoms with Crippen molar-refractivity contribution < 1.29 is 14.7 Å². The van der Waals surface area contributed by atoms with Crippen molar-refractivity contribution in [1.82, 2.24) is 5.32 Å². The second-order valence-electron chi connectivity index (χ2n) is 4.24. The molecule has 0 fully saturated rings. The molecule has 5 heteroatoms. The van der Waals surface area contributed by atoms with Crippen LogP contribution in [0.2, 0.25) is 0 Å². The van der Waals surface area contributed by atoms with Crippen molar-refractivity contribution >= 4 is 17.4 Å². The van der Waals surface area contributed by atoms with E-state index in [2.05, 4.69) is 10.6 Å². The minimum atomic E-state index is -0.130. The number of anilines is 1. The fourth-order valence-electron chi connectivity index (χ4n) is 2.07. The van der Waals surface area contributed by atoms with Crippen LogP contribution in [0.1, 0.15) is 29.3 Å². The highest BCUT2D eigenvalue weighted by Crippen LogP contribution is 2.34. The summed E-state index contributed by atoms with van der Waals surface area (Å²) in [6.07, 6.45) is 0.834. The summed E-state index contributed by atoms with van der Waals surface area (Å²) in [5.74, 6) is -0.142. The van der Waals surface area contributed by atoms with Crippen LogP contribution in [-0.4, -0.2) is 29.9 Å². The van der Waals surface area contributed by atoms with Crippen molar-refractivity contribution in [3.8, 4) is 5.75 Å². The molecule has 0 radical (unpaired) electrons. The number of fused-ring (bicyclic) bond motifs is 1. The van der Waals surface area contributed by atoms with Gasteiger partial charge in [0.25, 0.3) is 0 Å². The van der Waals surface area contributed by atoms with E-state index >= 15 is 0 Å². The van der Waals surface area contributed by atoms with E-state index in [9.17, 15) is 14.7 Å². The standard InChI is InChI=1S/C13H16N2O3/c1-2-14-7-11(17)8-3-5-10(16)13-9(8)4-6-12(18)15-13/h3,5,14,16H,2,4,6-7H2,1H3,(H,15,18). The molecule has 1 heterocycles. The molecule has 0 spiro atoms. The summed E-state index contributed by atoms with van der Waals surface area (Å²) in [4.78, 5) is 23.3. The fourth-order valence-corrected chi connectivity index (χ4v) is 2.07. The highest BCUT2D eigenvalue weighted by Gasteiger charge is 2.23. The first-order valence-corrected chi connectivity index (χ1v) is 6.02. The van der Waals surface area contributed by atoms with Gasteiger partial charge in [-0.15, -0.1) is 0 Å². The van der Waals surface area contributed by atoms with Crippen molar-refractivity contribution in [3.63, 3.8) is 0 Å². The molecule has 96 valence electrons. The summed E-state index contributed by atoms with van der Waals surface area (Å²) in [5.41, 5.74) is 1.69. The van der Waals surface area contributed by atoms with Gasteiger partial charge in [-0.3, -0.25) is 9.59 Å².